The molecule has 0 saturated heterocycles. The van der Waals surface area contributed by atoms with Crippen molar-refractivity contribution >= 4 is 27.8 Å². The van der Waals surface area contributed by atoms with Crippen LogP contribution in [-0.2, 0) is 0 Å². The summed E-state index contributed by atoms with van der Waals surface area (Å²) in [6.07, 6.45) is 1.94. The topological polar surface area (TPSA) is 15.6 Å². The molecular weight excluding hydrogens is 307 g/mol. The van der Waals surface area contributed by atoms with Gasteiger partial charge in [-0.1, -0.05) is 22.0 Å². The molecule has 1 aliphatic rings. The predicted octanol–water partition coefficient (Wildman–Crippen LogP) is 2.73. The van der Waals surface area contributed by atoms with Crippen molar-refractivity contribution in [3.8, 4) is 0 Å². The normalized spacial score (nSPS) is 13.5. The third-order valence-electron chi connectivity index (χ3n) is 3.23. The number of halogens is 2. The van der Waals surface area contributed by atoms with Gasteiger partial charge in [0.05, 0.1) is 5.36 Å². The fraction of sp³-hybridized carbons (Fsp3) is 0.133. The van der Waals surface area contributed by atoms with Crippen molar-refractivity contribution in [3.05, 3.63) is 62.8 Å². The minimum atomic E-state index is -0.238. The van der Waals surface area contributed by atoms with E-state index in [1.54, 1.807) is 6.07 Å². The number of rotatable bonds is 1. The zero-order chi connectivity index (χ0) is 13.4. The summed E-state index contributed by atoms with van der Waals surface area (Å²) in [5, 5.41) is 1.65. The van der Waals surface area contributed by atoms with Crippen LogP contribution in [-0.4, -0.2) is 6.67 Å². The lowest BCUT2D eigenvalue weighted by Gasteiger charge is -2.23. The van der Waals surface area contributed by atoms with E-state index < -0.39 is 0 Å². The molecule has 0 aliphatic carbocycles. The van der Waals surface area contributed by atoms with E-state index in [2.05, 4.69) is 20.9 Å². The summed E-state index contributed by atoms with van der Waals surface area (Å²) >= 11 is 3.52. The molecule has 0 bridgehead atoms. The second-order valence-corrected chi connectivity index (χ2v) is 5.34. The zero-order valence-electron chi connectivity index (χ0n) is 10.4. The minimum Gasteiger partial charge on any atom is -0.327 e. The van der Waals surface area contributed by atoms with Crippen molar-refractivity contribution in [2.24, 2.45) is 4.99 Å². The van der Waals surface area contributed by atoms with Gasteiger partial charge in [0, 0.05) is 21.6 Å². The molecule has 0 saturated carbocycles. The number of nitrogens with zero attached hydrogens (tertiary/aromatic N) is 2. The molecule has 0 spiro atoms. The van der Waals surface area contributed by atoms with Gasteiger partial charge in [-0.3, -0.25) is 4.99 Å². The first kappa shape index (κ1) is 12.4. The largest absolute Gasteiger partial charge is 0.327 e. The number of fused-ring (bicyclic) bond motifs is 1. The van der Waals surface area contributed by atoms with Gasteiger partial charge in [0.1, 0.15) is 12.5 Å². The maximum absolute atomic E-state index is 13.3. The lowest BCUT2D eigenvalue weighted by Crippen LogP contribution is -2.36. The lowest BCUT2D eigenvalue weighted by molar-refractivity contribution is 0.625. The van der Waals surface area contributed by atoms with Crippen LogP contribution in [0, 0.1) is 12.7 Å². The Labute approximate surface area is 119 Å². The van der Waals surface area contributed by atoms with E-state index in [1.807, 2.05) is 36.2 Å². The summed E-state index contributed by atoms with van der Waals surface area (Å²) in [7, 11) is 0. The summed E-state index contributed by atoms with van der Waals surface area (Å²) in [5.41, 5.74) is 2.22. The van der Waals surface area contributed by atoms with Gasteiger partial charge in [0.2, 0.25) is 0 Å². The van der Waals surface area contributed by atoms with Crippen LogP contribution in [0.1, 0.15) is 5.56 Å². The highest BCUT2D eigenvalue weighted by atomic mass is 79.9. The van der Waals surface area contributed by atoms with Gasteiger partial charge < -0.3 is 4.90 Å². The smallest absolute Gasteiger partial charge is 0.124 e. The fourth-order valence-electron chi connectivity index (χ4n) is 2.19. The second-order valence-electron chi connectivity index (χ2n) is 4.49. The monoisotopic (exact) mass is 318 g/mol. The second kappa shape index (κ2) is 4.78. The minimum absolute atomic E-state index is 0.238. The average molecular weight is 319 g/mol. The molecule has 2 aromatic rings. The first-order valence-corrected chi connectivity index (χ1v) is 6.78. The summed E-state index contributed by atoms with van der Waals surface area (Å²) in [6, 6.07) is 10.7. The molecule has 1 heterocycles. The molecule has 0 amide bonds. The molecule has 0 aromatic heterocycles. The average Bonchev–Trinajstić information content (AvgIpc) is 2.41. The van der Waals surface area contributed by atoms with E-state index in [9.17, 15) is 4.39 Å². The molecule has 0 fully saturated rings. The van der Waals surface area contributed by atoms with E-state index in [0.29, 0.717) is 6.67 Å². The third-order valence-corrected chi connectivity index (χ3v) is 4.09. The molecule has 1 aliphatic heterocycles. The van der Waals surface area contributed by atoms with Crippen molar-refractivity contribution in [1.82, 2.24) is 0 Å². The van der Waals surface area contributed by atoms with Crippen molar-refractivity contribution in [2.75, 3.05) is 11.6 Å². The molecule has 96 valence electrons. The van der Waals surface area contributed by atoms with Crippen LogP contribution in [0.15, 0.2) is 45.9 Å². The van der Waals surface area contributed by atoms with Gasteiger partial charge in [-0.2, -0.15) is 0 Å². The fourth-order valence-corrected chi connectivity index (χ4v) is 2.54. The Morgan fingerprint density at radius 1 is 1.26 bits per heavy atom. The summed E-state index contributed by atoms with van der Waals surface area (Å²) < 4.78 is 14.3. The van der Waals surface area contributed by atoms with Crippen molar-refractivity contribution in [1.29, 1.82) is 0 Å². The Morgan fingerprint density at radius 2 is 2.11 bits per heavy atom. The highest BCUT2D eigenvalue weighted by Crippen LogP contribution is 2.27. The van der Waals surface area contributed by atoms with Gasteiger partial charge in [0.15, 0.2) is 0 Å². The molecule has 2 aromatic carbocycles. The Kier molecular flexibility index (Phi) is 3.11. The van der Waals surface area contributed by atoms with E-state index in [-0.39, 0.29) is 5.82 Å². The number of hydrogen-bond donors (Lipinski definition) is 0. The van der Waals surface area contributed by atoms with Gasteiger partial charge in [-0.05, 0) is 42.8 Å². The van der Waals surface area contributed by atoms with Crippen LogP contribution in [0.25, 0.3) is 6.20 Å². The molecule has 19 heavy (non-hydrogen) atoms. The molecule has 2 nitrogen and oxygen atoms in total. The quantitative estimate of drug-likeness (QED) is 0.789. The highest BCUT2D eigenvalue weighted by molar-refractivity contribution is 9.10. The summed E-state index contributed by atoms with van der Waals surface area (Å²) in [5.74, 6) is -0.238. The van der Waals surface area contributed by atoms with E-state index in [4.69, 9.17) is 0 Å². The van der Waals surface area contributed by atoms with Crippen molar-refractivity contribution < 1.29 is 4.39 Å². The van der Waals surface area contributed by atoms with Crippen LogP contribution < -0.4 is 15.5 Å². The summed E-state index contributed by atoms with van der Waals surface area (Å²) in [6.45, 7) is 2.60. The number of anilines is 1. The zero-order valence-corrected chi connectivity index (χ0v) is 12.0. The Morgan fingerprint density at radius 3 is 2.95 bits per heavy atom. The van der Waals surface area contributed by atoms with Crippen LogP contribution >= 0.6 is 15.9 Å². The van der Waals surface area contributed by atoms with Gasteiger partial charge in [-0.15, -0.1) is 0 Å². The van der Waals surface area contributed by atoms with Crippen molar-refractivity contribution in [3.63, 3.8) is 0 Å². The first-order chi connectivity index (χ1) is 9.15. The maximum Gasteiger partial charge on any atom is 0.124 e. The van der Waals surface area contributed by atoms with E-state index >= 15 is 0 Å². The first-order valence-electron chi connectivity index (χ1n) is 5.99. The van der Waals surface area contributed by atoms with Gasteiger partial charge in [0.25, 0.3) is 0 Å². The highest BCUT2D eigenvalue weighted by Gasteiger charge is 2.10. The Hall–Kier alpha value is -1.68. The molecular formula is C15H12BrFN2. The van der Waals surface area contributed by atoms with Gasteiger partial charge >= 0.3 is 0 Å². The predicted molar refractivity (Wildman–Crippen MR) is 77.9 cm³/mol. The van der Waals surface area contributed by atoms with Crippen LogP contribution in [0.2, 0.25) is 0 Å². The molecule has 0 atom stereocenters. The lowest BCUT2D eigenvalue weighted by atomic mass is 10.2. The Balaban J connectivity index is 2.12. The number of benzene rings is 2. The molecule has 0 N–H and O–H groups in total. The molecule has 0 unspecified atom stereocenters. The van der Waals surface area contributed by atoms with Crippen LogP contribution in [0.5, 0.6) is 0 Å². The maximum atomic E-state index is 13.3. The molecule has 0 radical (unpaired) electrons. The molecule has 4 heteroatoms. The Bertz CT molecular complexity index is 755. The van der Waals surface area contributed by atoms with Crippen LogP contribution in [0.4, 0.5) is 10.1 Å². The molecule has 3 rings (SSSR count). The standard InChI is InChI=1S/C15H12BrFN2/c1-10-13(16)3-2-4-15(10)19-8-11-7-12(17)5-6-14(11)18-9-19/h2-8H,9H2,1H3. The third kappa shape index (κ3) is 2.28. The van der Waals surface area contributed by atoms with E-state index in [0.717, 1.165) is 26.3 Å². The van der Waals surface area contributed by atoms with Gasteiger partial charge in [-0.25, -0.2) is 4.39 Å². The SMILES string of the molecule is Cc1c(Br)cccc1N1C=c2cc(F)ccc2=NC1. The van der Waals surface area contributed by atoms with Crippen molar-refractivity contribution in [2.45, 2.75) is 6.92 Å². The van der Waals surface area contributed by atoms with E-state index in [1.165, 1.54) is 12.1 Å². The van der Waals surface area contributed by atoms with Crippen LogP contribution in [0.3, 0.4) is 0 Å². The number of hydrogen-bond acceptors (Lipinski definition) is 2. The summed E-state index contributed by atoms with van der Waals surface area (Å²) in [4.78, 5) is 6.51.